The number of nitrogens with zero attached hydrogens (tertiary/aromatic N) is 3. The lowest BCUT2D eigenvalue weighted by Crippen LogP contribution is -2.37. The van der Waals surface area contributed by atoms with E-state index in [1.54, 1.807) is 11.8 Å². The van der Waals surface area contributed by atoms with E-state index in [4.69, 9.17) is 19.4 Å². The van der Waals surface area contributed by atoms with Crippen LogP contribution in [0.1, 0.15) is 12.1 Å². The second-order valence-electron chi connectivity index (χ2n) is 6.87. The summed E-state index contributed by atoms with van der Waals surface area (Å²) in [4.78, 5) is 12.1. The molecule has 0 radical (unpaired) electrons. The first-order chi connectivity index (χ1) is 16.8. The Morgan fingerprint density at radius 2 is 2.00 bits per heavy atom. The van der Waals surface area contributed by atoms with Crippen LogP contribution in [0.4, 0.5) is 23.7 Å². The van der Waals surface area contributed by atoms with Crippen molar-refractivity contribution in [1.29, 1.82) is 0 Å². The molecule has 0 atom stereocenters. The Bertz CT molecular complexity index is 1360. The maximum atomic E-state index is 12.1. The number of anilines is 1. The van der Waals surface area contributed by atoms with Crippen molar-refractivity contribution in [1.82, 2.24) is 15.5 Å². The van der Waals surface area contributed by atoms with Crippen LogP contribution in [0.3, 0.4) is 0 Å². The quantitative estimate of drug-likeness (QED) is 0.0743. The van der Waals surface area contributed by atoms with Gasteiger partial charge in [0.15, 0.2) is 24.5 Å². The minimum Gasteiger partial charge on any atom is -0.741 e. The van der Waals surface area contributed by atoms with Gasteiger partial charge in [0, 0.05) is 42.4 Å². The second kappa shape index (κ2) is 13.1. The fraction of sp³-hybridized carbons (Fsp3) is 0.300. The molecule has 0 aliphatic rings. The van der Waals surface area contributed by atoms with Gasteiger partial charge < -0.3 is 15.2 Å². The normalized spacial score (nSPS) is 11.4. The first kappa shape index (κ1) is 29.6. The molecule has 2 amide bonds. The summed E-state index contributed by atoms with van der Waals surface area (Å²) in [7, 11) is -6.09. The van der Waals surface area contributed by atoms with E-state index in [0.29, 0.717) is 17.4 Å². The zero-order chi connectivity index (χ0) is 26.9. The number of amides is 2. The Balaban J connectivity index is 0.000000493. The van der Waals surface area contributed by atoms with Gasteiger partial charge in [0.1, 0.15) is 0 Å². The zero-order valence-electron chi connectivity index (χ0n) is 18.6. The van der Waals surface area contributed by atoms with Crippen molar-refractivity contribution >= 4 is 68.5 Å². The highest BCUT2D eigenvalue weighted by atomic mass is 32.2. The van der Waals surface area contributed by atoms with Crippen LogP contribution in [0.25, 0.3) is 10.9 Å². The lowest BCUT2D eigenvalue weighted by atomic mass is 10.1. The van der Waals surface area contributed by atoms with Crippen LogP contribution >= 0.6 is 35.7 Å². The van der Waals surface area contributed by atoms with Crippen LogP contribution in [-0.4, -0.2) is 47.0 Å². The Morgan fingerprint density at radius 1 is 1.31 bits per heavy atom. The van der Waals surface area contributed by atoms with Gasteiger partial charge in [-0.15, -0.1) is 29.2 Å². The molecule has 0 bridgehead atoms. The number of alkyl halides is 3. The highest BCUT2D eigenvalue weighted by molar-refractivity contribution is 8.01. The van der Waals surface area contributed by atoms with E-state index >= 15 is 0 Å². The van der Waals surface area contributed by atoms with Crippen molar-refractivity contribution in [3.8, 4) is 12.3 Å². The Labute approximate surface area is 219 Å². The molecule has 0 aliphatic heterocycles. The third kappa shape index (κ3) is 9.13. The number of urea groups is 1. The summed E-state index contributed by atoms with van der Waals surface area (Å²) in [6.07, 6.45) is 6.31. The Morgan fingerprint density at radius 3 is 2.58 bits per heavy atom. The van der Waals surface area contributed by atoms with E-state index in [9.17, 15) is 18.0 Å². The van der Waals surface area contributed by atoms with Crippen molar-refractivity contribution in [2.45, 2.75) is 34.1 Å². The highest BCUT2D eigenvalue weighted by Gasteiger charge is 2.36. The maximum Gasteiger partial charge on any atom is 0.485 e. The SMILES string of the molecule is C#CC[n+]1c(C)ccc2cc(NC(=O)NCCCSc3nnc(S)s3)ccc21.O=S(=O)([O-])C(F)(F)F. The Kier molecular flexibility index (Phi) is 10.8. The fourth-order valence-corrected chi connectivity index (χ4v) is 4.77. The van der Waals surface area contributed by atoms with Crippen molar-refractivity contribution in [3.63, 3.8) is 0 Å². The predicted octanol–water partition coefficient (Wildman–Crippen LogP) is 3.56. The minimum absolute atomic E-state index is 0.221. The summed E-state index contributed by atoms with van der Waals surface area (Å²) in [6.45, 7) is 3.12. The predicted molar refractivity (Wildman–Crippen MR) is 133 cm³/mol. The summed E-state index contributed by atoms with van der Waals surface area (Å²) in [5, 5.41) is 14.6. The molecule has 1 aromatic carbocycles. The van der Waals surface area contributed by atoms with Crippen LogP contribution in [0, 0.1) is 19.3 Å². The number of pyridine rings is 1. The summed E-state index contributed by atoms with van der Waals surface area (Å²) >= 11 is 7.21. The molecule has 194 valence electrons. The van der Waals surface area contributed by atoms with Crippen LogP contribution in [0.2, 0.25) is 0 Å². The van der Waals surface area contributed by atoms with E-state index in [-0.39, 0.29) is 6.03 Å². The third-order valence-corrected chi connectivity index (χ3v) is 7.14. The molecule has 0 spiro atoms. The van der Waals surface area contributed by atoms with Crippen LogP contribution in [0.15, 0.2) is 39.0 Å². The van der Waals surface area contributed by atoms with Gasteiger partial charge in [0.25, 0.3) is 0 Å². The number of hydrogen-bond acceptors (Lipinski definition) is 9. The molecule has 0 aliphatic carbocycles. The summed E-state index contributed by atoms with van der Waals surface area (Å²) in [6, 6.07) is 9.64. The number of fused-ring (bicyclic) bond motifs is 1. The van der Waals surface area contributed by atoms with E-state index in [1.165, 1.54) is 11.3 Å². The third-order valence-electron chi connectivity index (χ3n) is 4.27. The standard InChI is InChI=1S/C19H19N5OS3.CHF3O3S/c1-3-10-24-13(2)5-6-14-12-15(7-8-16(14)24)21-17(25)20-9-4-11-27-19-23-22-18(26)28-19;2-1(3,4)8(5,6)7/h1,5-8,12H,4,9-11H2,2H3,(H2-,20,21,22,25,26);(H,5,6,7). The topological polar surface area (TPSA) is 128 Å². The smallest absolute Gasteiger partial charge is 0.485 e. The average Bonchev–Trinajstić information content (AvgIpc) is 3.19. The van der Waals surface area contributed by atoms with Crippen molar-refractivity contribution in [2.24, 2.45) is 0 Å². The average molecular weight is 580 g/mol. The van der Waals surface area contributed by atoms with Crippen LogP contribution in [0.5, 0.6) is 0 Å². The largest absolute Gasteiger partial charge is 0.741 e. The molecule has 3 aromatic rings. The summed E-state index contributed by atoms with van der Waals surface area (Å²) in [5.74, 6) is 3.53. The number of benzene rings is 1. The molecule has 9 nitrogen and oxygen atoms in total. The number of aryl methyl sites for hydroxylation is 1. The van der Waals surface area contributed by atoms with Gasteiger partial charge in [-0.25, -0.2) is 13.2 Å². The number of carbonyl (C=O) groups is 1. The monoisotopic (exact) mass is 579 g/mol. The van der Waals surface area contributed by atoms with Gasteiger partial charge in [-0.3, -0.25) is 0 Å². The number of carbonyl (C=O) groups excluding carboxylic acids is 1. The van der Waals surface area contributed by atoms with Gasteiger partial charge in [0.05, 0.1) is 0 Å². The molecule has 0 saturated carbocycles. The van der Waals surface area contributed by atoms with Crippen molar-refractivity contribution in [3.05, 3.63) is 36.0 Å². The molecule has 16 heteroatoms. The first-order valence-corrected chi connectivity index (χ1v) is 13.6. The molecule has 2 N–H and O–H groups in total. The van der Waals surface area contributed by atoms with Crippen molar-refractivity contribution < 1.29 is 35.5 Å². The van der Waals surface area contributed by atoms with Gasteiger partial charge >= 0.3 is 11.5 Å². The molecule has 0 saturated heterocycles. The minimum atomic E-state index is -6.09. The number of halogens is 3. The number of thiol groups is 1. The summed E-state index contributed by atoms with van der Waals surface area (Å²) < 4.78 is 62.5. The lowest BCUT2D eigenvalue weighted by molar-refractivity contribution is -0.664. The van der Waals surface area contributed by atoms with E-state index in [2.05, 4.69) is 43.9 Å². The van der Waals surface area contributed by atoms with E-state index in [1.807, 2.05) is 37.3 Å². The van der Waals surface area contributed by atoms with Crippen molar-refractivity contribution in [2.75, 3.05) is 17.6 Å². The maximum absolute atomic E-state index is 12.1. The van der Waals surface area contributed by atoms with Gasteiger partial charge in [-0.05, 0) is 30.5 Å². The summed E-state index contributed by atoms with van der Waals surface area (Å²) in [5.41, 5.74) is -2.76. The van der Waals surface area contributed by atoms with Gasteiger partial charge in [0.2, 0.25) is 12.1 Å². The zero-order valence-corrected chi connectivity index (χ0v) is 21.9. The fourth-order valence-electron chi connectivity index (χ4n) is 2.67. The number of hydrogen-bond donors (Lipinski definition) is 3. The van der Waals surface area contributed by atoms with Crippen LogP contribution < -0.4 is 15.2 Å². The number of aromatic nitrogens is 3. The van der Waals surface area contributed by atoms with Crippen LogP contribution in [-0.2, 0) is 16.7 Å². The number of nitrogens with one attached hydrogen (secondary N) is 2. The molecule has 2 aromatic heterocycles. The first-order valence-electron chi connectivity index (χ1n) is 9.91. The molecule has 0 unspecified atom stereocenters. The molecule has 0 fully saturated rings. The number of terminal acetylenes is 1. The molecule has 36 heavy (non-hydrogen) atoms. The second-order valence-corrected chi connectivity index (χ2v) is 11.3. The lowest BCUT2D eigenvalue weighted by Gasteiger charge is -2.08. The highest BCUT2D eigenvalue weighted by Crippen LogP contribution is 2.24. The van der Waals surface area contributed by atoms with Gasteiger partial charge in [-0.2, -0.15) is 17.7 Å². The van der Waals surface area contributed by atoms with E-state index < -0.39 is 15.6 Å². The molecular formula is C20H20F3N5O4S4. The Hall–Kier alpha value is -2.58. The number of rotatable bonds is 7. The molecular weight excluding hydrogens is 560 g/mol. The molecule has 2 heterocycles. The number of thioether (sulfide) groups is 1. The van der Waals surface area contributed by atoms with Gasteiger partial charge in [-0.1, -0.05) is 23.1 Å². The van der Waals surface area contributed by atoms with E-state index in [0.717, 1.165) is 38.8 Å². The molecule has 3 rings (SSSR count).